The zero-order chi connectivity index (χ0) is 23.2. The van der Waals surface area contributed by atoms with E-state index in [1.54, 1.807) is 0 Å². The maximum Gasteiger partial charge on any atom is 0.138 e. The highest BCUT2D eigenvalue weighted by atomic mass is 15.1. The van der Waals surface area contributed by atoms with Crippen molar-refractivity contribution in [3.05, 3.63) is 127 Å². The van der Waals surface area contributed by atoms with Crippen molar-refractivity contribution < 1.29 is 0 Å². The molecule has 0 amide bonds. The van der Waals surface area contributed by atoms with Crippen LogP contribution < -0.4 is 0 Å². The highest BCUT2D eigenvalue weighted by molar-refractivity contribution is 6.12. The minimum absolute atomic E-state index is 0.950. The number of aryl methyl sites for hydroxylation is 1. The number of fused-ring (bicyclic) bond motifs is 5. The van der Waals surface area contributed by atoms with Crippen LogP contribution in [-0.4, -0.2) is 9.55 Å². The van der Waals surface area contributed by atoms with E-state index in [-0.39, 0.29) is 0 Å². The standard InChI is InChI=1S/C33H24N2/c1-2-9-23(10-3-1)25-12-8-13-26(21-25)27-19-20-34-32(22-27)35-31-16-7-6-15-29(31)30-18-17-24-11-4-5-14-28(24)33(30)35/h1-3,5-10,12-22H,4,11H2. The van der Waals surface area contributed by atoms with Gasteiger partial charge in [0, 0.05) is 22.5 Å². The summed E-state index contributed by atoms with van der Waals surface area (Å²) in [5, 5.41) is 2.55. The molecule has 7 rings (SSSR count). The molecule has 0 bridgehead atoms. The molecular formula is C33H24N2. The molecule has 35 heavy (non-hydrogen) atoms. The van der Waals surface area contributed by atoms with Gasteiger partial charge in [0.1, 0.15) is 5.82 Å². The van der Waals surface area contributed by atoms with Crippen molar-refractivity contribution in [1.82, 2.24) is 9.55 Å². The largest absolute Gasteiger partial charge is 0.293 e. The molecule has 0 fully saturated rings. The Kier molecular flexibility index (Phi) is 4.63. The molecule has 0 spiro atoms. The van der Waals surface area contributed by atoms with Gasteiger partial charge in [-0.3, -0.25) is 4.57 Å². The van der Waals surface area contributed by atoms with Crippen LogP contribution in [0.3, 0.4) is 0 Å². The van der Waals surface area contributed by atoms with Crippen molar-refractivity contribution in [2.75, 3.05) is 0 Å². The quantitative estimate of drug-likeness (QED) is 0.265. The van der Waals surface area contributed by atoms with Gasteiger partial charge in [0.15, 0.2) is 0 Å². The van der Waals surface area contributed by atoms with E-state index in [1.165, 1.54) is 55.2 Å². The van der Waals surface area contributed by atoms with Crippen molar-refractivity contribution in [3.63, 3.8) is 0 Å². The summed E-state index contributed by atoms with van der Waals surface area (Å²) < 4.78 is 2.35. The van der Waals surface area contributed by atoms with E-state index < -0.39 is 0 Å². The second-order valence-electron chi connectivity index (χ2n) is 9.18. The molecule has 2 heterocycles. The first-order valence-corrected chi connectivity index (χ1v) is 12.2. The van der Waals surface area contributed by atoms with E-state index in [9.17, 15) is 0 Å². The summed E-state index contributed by atoms with van der Waals surface area (Å²) in [7, 11) is 0. The zero-order valence-electron chi connectivity index (χ0n) is 19.4. The van der Waals surface area contributed by atoms with Gasteiger partial charge in [-0.15, -0.1) is 0 Å². The fraction of sp³-hybridized carbons (Fsp3) is 0.0606. The normalized spacial score (nSPS) is 12.8. The fourth-order valence-electron chi connectivity index (χ4n) is 5.44. The van der Waals surface area contributed by atoms with Gasteiger partial charge in [0.25, 0.3) is 0 Å². The van der Waals surface area contributed by atoms with Gasteiger partial charge in [0.2, 0.25) is 0 Å². The molecule has 1 aliphatic rings. The summed E-state index contributed by atoms with van der Waals surface area (Å²) in [5.41, 5.74) is 9.98. The number of rotatable bonds is 3. The predicted octanol–water partition coefficient (Wildman–Crippen LogP) is 8.47. The van der Waals surface area contributed by atoms with Crippen molar-refractivity contribution in [2.24, 2.45) is 0 Å². The number of nitrogens with zero attached hydrogens (tertiary/aromatic N) is 2. The molecule has 0 atom stereocenters. The molecule has 6 aromatic rings. The van der Waals surface area contributed by atoms with Crippen molar-refractivity contribution >= 4 is 27.9 Å². The third kappa shape index (κ3) is 3.30. The summed E-state index contributed by atoms with van der Waals surface area (Å²) in [4.78, 5) is 4.88. The number of hydrogen-bond acceptors (Lipinski definition) is 1. The van der Waals surface area contributed by atoms with E-state index in [0.29, 0.717) is 0 Å². The molecule has 2 aromatic heterocycles. The van der Waals surface area contributed by atoms with Crippen LogP contribution >= 0.6 is 0 Å². The Morgan fingerprint density at radius 1 is 0.629 bits per heavy atom. The summed E-state index contributed by atoms with van der Waals surface area (Å²) in [6, 6.07) is 36.9. The molecule has 2 heteroatoms. The average molecular weight is 449 g/mol. The maximum atomic E-state index is 4.88. The fourth-order valence-corrected chi connectivity index (χ4v) is 5.44. The second kappa shape index (κ2) is 8.11. The summed E-state index contributed by atoms with van der Waals surface area (Å²) in [5.74, 6) is 0.950. The monoisotopic (exact) mass is 448 g/mol. The Labute approximate surface area is 204 Å². The number of benzene rings is 4. The average Bonchev–Trinajstić information content (AvgIpc) is 3.29. The third-order valence-electron chi connectivity index (χ3n) is 7.11. The Hall–Kier alpha value is -4.43. The Morgan fingerprint density at radius 3 is 2.31 bits per heavy atom. The van der Waals surface area contributed by atoms with Crippen LogP contribution in [0.5, 0.6) is 0 Å². The molecule has 0 radical (unpaired) electrons. The van der Waals surface area contributed by atoms with Crippen LogP contribution in [0.1, 0.15) is 17.5 Å². The number of hydrogen-bond donors (Lipinski definition) is 0. The Balaban J connectivity index is 1.45. The summed E-state index contributed by atoms with van der Waals surface area (Å²) in [6.07, 6.45) is 8.71. The predicted molar refractivity (Wildman–Crippen MR) is 147 cm³/mol. The van der Waals surface area contributed by atoms with Crippen LogP contribution in [0.4, 0.5) is 0 Å². The van der Waals surface area contributed by atoms with Crippen LogP contribution in [0.25, 0.3) is 56.0 Å². The number of para-hydroxylation sites is 1. The molecule has 4 aromatic carbocycles. The van der Waals surface area contributed by atoms with Crippen LogP contribution in [0.15, 0.2) is 115 Å². The maximum absolute atomic E-state index is 4.88. The number of aromatic nitrogens is 2. The van der Waals surface area contributed by atoms with Crippen LogP contribution in [0.2, 0.25) is 0 Å². The highest BCUT2D eigenvalue weighted by Crippen LogP contribution is 2.37. The van der Waals surface area contributed by atoms with Crippen LogP contribution in [-0.2, 0) is 6.42 Å². The van der Waals surface area contributed by atoms with Crippen molar-refractivity contribution in [2.45, 2.75) is 12.8 Å². The molecule has 0 unspecified atom stereocenters. The number of allylic oxidation sites excluding steroid dienone is 1. The zero-order valence-corrected chi connectivity index (χ0v) is 19.4. The molecule has 0 saturated heterocycles. The van der Waals surface area contributed by atoms with Crippen molar-refractivity contribution in [1.29, 1.82) is 0 Å². The third-order valence-corrected chi connectivity index (χ3v) is 7.11. The lowest BCUT2D eigenvalue weighted by atomic mass is 9.95. The summed E-state index contributed by atoms with van der Waals surface area (Å²) in [6.45, 7) is 0. The van der Waals surface area contributed by atoms with E-state index in [2.05, 4.69) is 120 Å². The van der Waals surface area contributed by atoms with E-state index in [0.717, 1.165) is 18.7 Å². The van der Waals surface area contributed by atoms with E-state index in [4.69, 9.17) is 4.98 Å². The van der Waals surface area contributed by atoms with Gasteiger partial charge in [-0.2, -0.15) is 0 Å². The minimum Gasteiger partial charge on any atom is -0.293 e. The van der Waals surface area contributed by atoms with Gasteiger partial charge in [-0.05, 0) is 64.9 Å². The van der Waals surface area contributed by atoms with Crippen molar-refractivity contribution in [3.8, 4) is 28.1 Å². The molecular weight excluding hydrogens is 424 g/mol. The van der Waals surface area contributed by atoms with Gasteiger partial charge in [-0.1, -0.05) is 91.0 Å². The SMILES string of the molecule is C1=Cc2c(ccc3c4ccccc4n(-c4cc(-c5cccc(-c6ccccc6)c5)ccn4)c23)CC1. The highest BCUT2D eigenvalue weighted by Gasteiger charge is 2.18. The lowest BCUT2D eigenvalue weighted by molar-refractivity contribution is 0.984. The Bertz CT molecular complexity index is 1740. The first kappa shape index (κ1) is 20.0. The van der Waals surface area contributed by atoms with Crippen LogP contribution in [0, 0.1) is 0 Å². The first-order chi connectivity index (χ1) is 17.4. The molecule has 166 valence electrons. The lowest BCUT2D eigenvalue weighted by Crippen LogP contribution is -2.02. The molecule has 0 saturated carbocycles. The molecule has 1 aliphatic carbocycles. The molecule has 0 aliphatic heterocycles. The second-order valence-corrected chi connectivity index (χ2v) is 9.18. The smallest absolute Gasteiger partial charge is 0.138 e. The first-order valence-electron chi connectivity index (χ1n) is 12.2. The minimum atomic E-state index is 0.950. The van der Waals surface area contributed by atoms with Gasteiger partial charge >= 0.3 is 0 Å². The molecule has 0 N–H and O–H groups in total. The lowest BCUT2D eigenvalue weighted by Gasteiger charge is -2.15. The van der Waals surface area contributed by atoms with E-state index >= 15 is 0 Å². The van der Waals surface area contributed by atoms with E-state index in [1.807, 2.05) is 6.20 Å². The van der Waals surface area contributed by atoms with Gasteiger partial charge in [-0.25, -0.2) is 4.98 Å². The topological polar surface area (TPSA) is 17.8 Å². The molecule has 2 nitrogen and oxygen atoms in total. The number of pyridine rings is 1. The summed E-state index contributed by atoms with van der Waals surface area (Å²) >= 11 is 0. The van der Waals surface area contributed by atoms with Gasteiger partial charge < -0.3 is 0 Å². The Morgan fingerprint density at radius 2 is 1.40 bits per heavy atom. The van der Waals surface area contributed by atoms with Gasteiger partial charge in [0.05, 0.1) is 11.0 Å².